The van der Waals surface area contributed by atoms with Gasteiger partial charge in [-0.25, -0.2) is 0 Å². The van der Waals surface area contributed by atoms with Gasteiger partial charge in [-0.1, -0.05) is 12.8 Å². The molecule has 6 nitrogen and oxygen atoms in total. The van der Waals surface area contributed by atoms with Crippen molar-refractivity contribution >= 4 is 5.91 Å². The van der Waals surface area contributed by atoms with Gasteiger partial charge < -0.3 is 19.0 Å². The molecule has 0 unspecified atom stereocenters. The summed E-state index contributed by atoms with van der Waals surface area (Å²) in [6.45, 7) is 0.668. The van der Waals surface area contributed by atoms with Gasteiger partial charge in [-0.15, -0.1) is 0 Å². The lowest BCUT2D eigenvalue weighted by molar-refractivity contribution is 0.0549. The summed E-state index contributed by atoms with van der Waals surface area (Å²) in [6, 6.07) is 7.17. The molecule has 0 bridgehead atoms. The average Bonchev–Trinajstić information content (AvgIpc) is 3.21. The second-order valence-corrected chi connectivity index (χ2v) is 6.61. The number of amides is 1. The number of likely N-dealkylation sites (tertiary alicyclic amines) is 1. The van der Waals surface area contributed by atoms with Crippen LogP contribution in [0.2, 0.25) is 0 Å². The minimum Gasteiger partial charge on any atom is -0.467 e. The highest BCUT2D eigenvalue weighted by atomic mass is 16.4. The van der Waals surface area contributed by atoms with E-state index in [4.69, 9.17) is 9.68 Å². The van der Waals surface area contributed by atoms with Gasteiger partial charge in [0.1, 0.15) is 23.6 Å². The van der Waals surface area contributed by atoms with Gasteiger partial charge in [0.25, 0.3) is 5.91 Å². The van der Waals surface area contributed by atoms with E-state index >= 15 is 0 Å². The lowest BCUT2D eigenvalue weighted by atomic mass is 10.0. The molecule has 2 aromatic heterocycles. The van der Waals surface area contributed by atoms with Crippen LogP contribution in [-0.2, 0) is 7.05 Å². The number of aliphatic hydroxyl groups is 1. The van der Waals surface area contributed by atoms with E-state index in [1.807, 2.05) is 4.90 Å². The van der Waals surface area contributed by atoms with Gasteiger partial charge in [-0.2, -0.15) is 5.26 Å². The van der Waals surface area contributed by atoms with Crippen molar-refractivity contribution in [3.8, 4) is 6.07 Å². The molecule has 1 fully saturated rings. The number of aromatic nitrogens is 1. The molecule has 1 aliphatic rings. The summed E-state index contributed by atoms with van der Waals surface area (Å²) in [4.78, 5) is 14.9. The molecule has 1 N–H and O–H groups in total. The Morgan fingerprint density at radius 3 is 3.00 bits per heavy atom. The Bertz CT molecular complexity index is 757. The van der Waals surface area contributed by atoms with Crippen LogP contribution in [0.1, 0.15) is 60.0 Å². The molecule has 2 aromatic rings. The largest absolute Gasteiger partial charge is 0.467 e. The number of carbonyl (C=O) groups excluding carboxylic acids is 1. The SMILES string of the molecule is Cn1cc(C#N)cc1C(=O)N1CCCCC[C@H]1C[C@@H](O)c1ccco1. The maximum atomic E-state index is 13.1. The summed E-state index contributed by atoms with van der Waals surface area (Å²) in [5, 5.41) is 19.5. The second kappa shape index (κ2) is 7.58. The van der Waals surface area contributed by atoms with Gasteiger partial charge in [0.05, 0.1) is 11.8 Å². The van der Waals surface area contributed by atoms with Crippen molar-refractivity contribution in [2.75, 3.05) is 6.54 Å². The van der Waals surface area contributed by atoms with E-state index < -0.39 is 6.10 Å². The normalized spacial score (nSPS) is 19.2. The fourth-order valence-corrected chi connectivity index (χ4v) is 3.53. The standard InChI is InChI=1S/C19H23N3O3/c1-21-13-14(12-20)10-16(21)19(24)22-8-4-2-3-6-15(22)11-17(23)18-7-5-9-25-18/h5,7,9-10,13,15,17,23H,2-4,6,8,11H2,1H3/t15-,17+/m0/s1. The van der Waals surface area contributed by atoms with E-state index in [9.17, 15) is 9.90 Å². The Labute approximate surface area is 147 Å². The van der Waals surface area contributed by atoms with Gasteiger partial charge in [0.15, 0.2) is 0 Å². The topological polar surface area (TPSA) is 82.4 Å². The van der Waals surface area contributed by atoms with Crippen molar-refractivity contribution in [1.82, 2.24) is 9.47 Å². The first-order valence-corrected chi connectivity index (χ1v) is 8.69. The van der Waals surface area contributed by atoms with E-state index in [1.54, 1.807) is 42.3 Å². The zero-order valence-electron chi connectivity index (χ0n) is 14.4. The van der Waals surface area contributed by atoms with Gasteiger partial charge >= 0.3 is 0 Å². The Morgan fingerprint density at radius 2 is 2.32 bits per heavy atom. The first-order chi connectivity index (χ1) is 12.1. The molecule has 1 saturated heterocycles. The molecule has 2 atom stereocenters. The molecule has 132 valence electrons. The van der Waals surface area contributed by atoms with E-state index in [0.717, 1.165) is 25.7 Å². The minimum atomic E-state index is -0.725. The van der Waals surface area contributed by atoms with Crippen LogP contribution in [-0.4, -0.2) is 33.1 Å². The van der Waals surface area contributed by atoms with Crippen LogP contribution >= 0.6 is 0 Å². The lowest BCUT2D eigenvalue weighted by Crippen LogP contribution is -2.41. The second-order valence-electron chi connectivity index (χ2n) is 6.61. The van der Waals surface area contributed by atoms with Gasteiger partial charge in [-0.3, -0.25) is 4.79 Å². The molecule has 0 aromatic carbocycles. The number of aliphatic hydroxyl groups excluding tert-OH is 1. The van der Waals surface area contributed by atoms with Crippen LogP contribution in [0.15, 0.2) is 35.1 Å². The van der Waals surface area contributed by atoms with Crippen LogP contribution in [0.5, 0.6) is 0 Å². The van der Waals surface area contributed by atoms with Crippen molar-refractivity contribution in [3.63, 3.8) is 0 Å². The molecule has 0 aliphatic carbocycles. The molecule has 0 spiro atoms. The minimum absolute atomic E-state index is 0.0458. The van der Waals surface area contributed by atoms with Crippen molar-refractivity contribution in [2.24, 2.45) is 7.05 Å². The highest BCUT2D eigenvalue weighted by Crippen LogP contribution is 2.28. The van der Waals surface area contributed by atoms with Crippen LogP contribution in [0.4, 0.5) is 0 Å². The Morgan fingerprint density at radius 1 is 1.48 bits per heavy atom. The lowest BCUT2D eigenvalue weighted by Gasteiger charge is -2.31. The maximum Gasteiger partial charge on any atom is 0.270 e. The van der Waals surface area contributed by atoms with Crippen LogP contribution < -0.4 is 0 Å². The maximum absolute atomic E-state index is 13.1. The Balaban J connectivity index is 1.81. The highest BCUT2D eigenvalue weighted by molar-refractivity contribution is 5.93. The third-order valence-electron chi connectivity index (χ3n) is 4.86. The number of nitrogens with zero attached hydrogens (tertiary/aromatic N) is 3. The van der Waals surface area contributed by atoms with Gasteiger partial charge in [-0.05, 0) is 31.0 Å². The zero-order valence-corrected chi connectivity index (χ0v) is 14.4. The van der Waals surface area contributed by atoms with Crippen molar-refractivity contribution < 1.29 is 14.3 Å². The third kappa shape index (κ3) is 3.77. The summed E-state index contributed by atoms with van der Waals surface area (Å²) in [7, 11) is 1.78. The number of aryl methyl sites for hydroxylation is 1. The Kier molecular flexibility index (Phi) is 5.25. The number of hydrogen-bond acceptors (Lipinski definition) is 4. The smallest absolute Gasteiger partial charge is 0.270 e. The number of furan rings is 1. The predicted molar refractivity (Wildman–Crippen MR) is 91.7 cm³/mol. The quantitative estimate of drug-likeness (QED) is 0.927. The van der Waals surface area contributed by atoms with Gasteiger partial charge in [0.2, 0.25) is 0 Å². The molecule has 0 radical (unpaired) electrons. The average molecular weight is 341 g/mol. The molecule has 3 heterocycles. The zero-order chi connectivity index (χ0) is 17.8. The van der Waals surface area contributed by atoms with Crippen molar-refractivity contribution in [1.29, 1.82) is 5.26 Å². The molecular formula is C19H23N3O3. The molecule has 1 amide bonds. The van der Waals surface area contributed by atoms with E-state index in [0.29, 0.717) is 30.0 Å². The molecule has 3 rings (SSSR count). The summed E-state index contributed by atoms with van der Waals surface area (Å²) in [6.07, 6.45) is 6.86. The molecule has 6 heteroatoms. The van der Waals surface area contributed by atoms with E-state index in [2.05, 4.69) is 6.07 Å². The first kappa shape index (κ1) is 17.3. The molecule has 0 saturated carbocycles. The molecular weight excluding hydrogens is 318 g/mol. The van der Waals surface area contributed by atoms with Crippen molar-refractivity contribution in [2.45, 2.75) is 44.2 Å². The van der Waals surface area contributed by atoms with Crippen LogP contribution in [0.3, 0.4) is 0 Å². The third-order valence-corrected chi connectivity index (χ3v) is 4.86. The number of rotatable bonds is 4. The first-order valence-electron chi connectivity index (χ1n) is 8.69. The number of nitriles is 1. The monoisotopic (exact) mass is 341 g/mol. The molecule has 25 heavy (non-hydrogen) atoms. The summed E-state index contributed by atoms with van der Waals surface area (Å²) in [5.41, 5.74) is 0.990. The predicted octanol–water partition coefficient (Wildman–Crippen LogP) is 3.00. The van der Waals surface area contributed by atoms with E-state index in [-0.39, 0.29) is 11.9 Å². The number of carbonyl (C=O) groups is 1. The van der Waals surface area contributed by atoms with Crippen LogP contribution in [0, 0.1) is 11.3 Å². The fourth-order valence-electron chi connectivity index (χ4n) is 3.53. The Hall–Kier alpha value is -2.52. The molecule has 1 aliphatic heterocycles. The van der Waals surface area contributed by atoms with Crippen molar-refractivity contribution in [3.05, 3.63) is 47.7 Å². The van der Waals surface area contributed by atoms with Crippen LogP contribution in [0.25, 0.3) is 0 Å². The number of hydrogen-bond donors (Lipinski definition) is 1. The fraction of sp³-hybridized carbons (Fsp3) is 0.474. The van der Waals surface area contributed by atoms with Gasteiger partial charge in [0, 0.05) is 32.3 Å². The summed E-state index contributed by atoms with van der Waals surface area (Å²) >= 11 is 0. The summed E-state index contributed by atoms with van der Waals surface area (Å²) in [5.74, 6) is 0.449. The highest BCUT2D eigenvalue weighted by Gasteiger charge is 2.30. The van der Waals surface area contributed by atoms with E-state index in [1.165, 1.54) is 0 Å². The summed E-state index contributed by atoms with van der Waals surface area (Å²) < 4.78 is 6.99.